The van der Waals surface area contributed by atoms with Gasteiger partial charge in [0.2, 0.25) is 5.95 Å². The van der Waals surface area contributed by atoms with Crippen LogP contribution in [0, 0.1) is 0 Å². The van der Waals surface area contributed by atoms with Gasteiger partial charge in [0, 0.05) is 22.8 Å². The van der Waals surface area contributed by atoms with Crippen LogP contribution in [0.3, 0.4) is 0 Å². The highest BCUT2D eigenvalue weighted by atomic mass is 35.5. The smallest absolute Gasteiger partial charge is 0.263 e. The molecule has 0 radical (unpaired) electrons. The third kappa shape index (κ3) is 5.44. The minimum Gasteiger partial charge on any atom is -0.482 e. The van der Waals surface area contributed by atoms with Gasteiger partial charge in [-0.25, -0.2) is 4.98 Å². The van der Waals surface area contributed by atoms with Crippen LogP contribution in [0.25, 0.3) is 17.4 Å². The predicted molar refractivity (Wildman–Crippen MR) is 124 cm³/mol. The van der Waals surface area contributed by atoms with E-state index in [-0.39, 0.29) is 29.0 Å². The number of carbonyl (C=O) groups excluding carboxylic acids is 1. The zero-order chi connectivity index (χ0) is 23.4. The van der Waals surface area contributed by atoms with Gasteiger partial charge in [-0.2, -0.15) is 9.78 Å². The van der Waals surface area contributed by atoms with Crippen molar-refractivity contribution >= 4 is 34.9 Å². The van der Waals surface area contributed by atoms with E-state index < -0.39 is 5.91 Å². The topological polar surface area (TPSA) is 115 Å². The first-order valence-electron chi connectivity index (χ1n) is 10.0. The molecular formula is C22H19Cl2N5O4. The number of nitrogens with one attached hydrogen (secondary N) is 2. The Morgan fingerprint density at radius 2 is 2.09 bits per heavy atom. The predicted octanol–water partition coefficient (Wildman–Crippen LogP) is 4.49. The first-order chi connectivity index (χ1) is 15.9. The molecule has 0 unspecified atom stereocenters. The quantitative estimate of drug-likeness (QED) is 0.378. The molecule has 3 heterocycles. The molecule has 0 bridgehead atoms. The van der Waals surface area contributed by atoms with Gasteiger partial charge in [0.1, 0.15) is 17.3 Å². The van der Waals surface area contributed by atoms with Crippen LogP contribution in [-0.4, -0.2) is 32.3 Å². The molecule has 0 atom stereocenters. The number of rotatable bonds is 8. The molecule has 170 valence electrons. The number of benzene rings is 1. The van der Waals surface area contributed by atoms with E-state index in [1.807, 2.05) is 6.92 Å². The maximum atomic E-state index is 12.6. The Hall–Kier alpha value is -3.56. The first-order valence-corrected chi connectivity index (χ1v) is 10.8. The van der Waals surface area contributed by atoms with E-state index in [1.165, 1.54) is 23.1 Å². The number of hydrogen-bond donors (Lipinski definition) is 2. The molecule has 4 rings (SSSR count). The minimum absolute atomic E-state index is 0.167. The molecule has 11 heteroatoms. The summed E-state index contributed by atoms with van der Waals surface area (Å²) in [5, 5.41) is 7.93. The maximum Gasteiger partial charge on any atom is 0.263 e. The highest BCUT2D eigenvalue weighted by Crippen LogP contribution is 2.28. The fourth-order valence-corrected chi connectivity index (χ4v) is 3.53. The lowest BCUT2D eigenvalue weighted by molar-refractivity contribution is -0.118. The van der Waals surface area contributed by atoms with Gasteiger partial charge in [-0.3, -0.25) is 14.6 Å². The summed E-state index contributed by atoms with van der Waals surface area (Å²) in [4.78, 5) is 31.9. The number of anilines is 1. The van der Waals surface area contributed by atoms with Gasteiger partial charge in [0.05, 0.1) is 11.3 Å². The Morgan fingerprint density at radius 3 is 2.82 bits per heavy atom. The zero-order valence-electron chi connectivity index (χ0n) is 17.5. The van der Waals surface area contributed by atoms with Crippen LogP contribution in [0.15, 0.2) is 57.9 Å². The number of amides is 1. The lowest BCUT2D eigenvalue weighted by Gasteiger charge is -2.10. The standard InChI is InChI=1S/C22H19Cl2N5O4/c1-2-4-14-10-20(30)27-22(25-14)29-19(11-16(28-29)18-5-3-8-32-18)26-21(31)12-33-17-7-6-13(23)9-15(17)24/h3,5-11H,2,4,12H2,1H3,(H,26,31)(H,25,27,30). The van der Waals surface area contributed by atoms with Crippen molar-refractivity contribution in [3.8, 4) is 23.2 Å². The van der Waals surface area contributed by atoms with Crippen LogP contribution in [0.5, 0.6) is 5.75 Å². The number of H-pyrrole nitrogens is 1. The fourth-order valence-electron chi connectivity index (χ4n) is 3.07. The van der Waals surface area contributed by atoms with E-state index in [0.717, 1.165) is 6.42 Å². The monoisotopic (exact) mass is 487 g/mol. The lowest BCUT2D eigenvalue weighted by Crippen LogP contribution is -2.23. The summed E-state index contributed by atoms with van der Waals surface area (Å²) in [6.45, 7) is 1.67. The van der Waals surface area contributed by atoms with Gasteiger partial charge in [0.15, 0.2) is 12.4 Å². The molecule has 1 amide bonds. The lowest BCUT2D eigenvalue weighted by atomic mass is 10.2. The molecule has 9 nitrogen and oxygen atoms in total. The summed E-state index contributed by atoms with van der Waals surface area (Å²) in [7, 11) is 0. The van der Waals surface area contributed by atoms with E-state index in [2.05, 4.69) is 20.4 Å². The van der Waals surface area contributed by atoms with Gasteiger partial charge in [0.25, 0.3) is 11.5 Å². The van der Waals surface area contributed by atoms with Crippen LogP contribution < -0.4 is 15.6 Å². The number of carbonyl (C=O) groups is 1. The summed E-state index contributed by atoms with van der Waals surface area (Å²) >= 11 is 12.0. The number of nitrogens with zero attached hydrogens (tertiary/aromatic N) is 3. The van der Waals surface area contributed by atoms with Crippen LogP contribution >= 0.6 is 23.2 Å². The minimum atomic E-state index is -0.472. The van der Waals surface area contributed by atoms with Gasteiger partial charge in [-0.05, 0) is 36.8 Å². The van der Waals surface area contributed by atoms with E-state index in [0.29, 0.717) is 34.3 Å². The summed E-state index contributed by atoms with van der Waals surface area (Å²) in [6, 6.07) is 11.2. The third-order valence-corrected chi connectivity index (χ3v) is 5.02. The number of furan rings is 1. The van der Waals surface area contributed by atoms with Crippen molar-refractivity contribution in [3.05, 3.63) is 74.8 Å². The van der Waals surface area contributed by atoms with Crippen molar-refractivity contribution in [2.45, 2.75) is 19.8 Å². The Balaban J connectivity index is 1.61. The number of halogens is 2. The molecule has 33 heavy (non-hydrogen) atoms. The first kappa shape index (κ1) is 22.6. The molecule has 1 aromatic carbocycles. The molecule has 0 aliphatic carbocycles. The van der Waals surface area contributed by atoms with Gasteiger partial charge in [-0.1, -0.05) is 36.5 Å². The molecule has 0 saturated heterocycles. The molecule has 4 aromatic rings. The summed E-state index contributed by atoms with van der Waals surface area (Å²) in [5.74, 6) is 0.773. The molecule has 2 N–H and O–H groups in total. The molecule has 0 saturated carbocycles. The number of aromatic amines is 1. The van der Waals surface area contributed by atoms with Crippen molar-refractivity contribution in [2.75, 3.05) is 11.9 Å². The van der Waals surface area contributed by atoms with Crippen LogP contribution in [0.4, 0.5) is 5.82 Å². The van der Waals surface area contributed by atoms with E-state index >= 15 is 0 Å². The normalized spacial score (nSPS) is 10.9. The Morgan fingerprint density at radius 1 is 1.24 bits per heavy atom. The average Bonchev–Trinajstić information content (AvgIpc) is 3.43. The molecule has 0 aliphatic heterocycles. The van der Waals surface area contributed by atoms with Gasteiger partial charge in [-0.15, -0.1) is 0 Å². The largest absolute Gasteiger partial charge is 0.482 e. The van der Waals surface area contributed by atoms with E-state index in [1.54, 1.807) is 30.3 Å². The molecule has 3 aromatic heterocycles. The number of hydrogen-bond acceptors (Lipinski definition) is 6. The summed E-state index contributed by atoms with van der Waals surface area (Å²) in [5.41, 5.74) is 0.737. The number of aromatic nitrogens is 4. The highest BCUT2D eigenvalue weighted by Gasteiger charge is 2.18. The Bertz CT molecular complexity index is 1330. The second-order valence-corrected chi connectivity index (χ2v) is 7.87. The second-order valence-electron chi connectivity index (χ2n) is 7.03. The Labute approximate surface area is 198 Å². The molecule has 0 aliphatic rings. The number of ether oxygens (including phenoxy) is 1. The van der Waals surface area contributed by atoms with Crippen molar-refractivity contribution in [1.29, 1.82) is 0 Å². The Kier molecular flexibility index (Phi) is 6.81. The highest BCUT2D eigenvalue weighted by molar-refractivity contribution is 6.35. The molecule has 0 fully saturated rings. The van der Waals surface area contributed by atoms with Crippen molar-refractivity contribution < 1.29 is 13.9 Å². The molecule has 0 spiro atoms. The fraction of sp³-hybridized carbons (Fsp3) is 0.182. The third-order valence-electron chi connectivity index (χ3n) is 4.49. The van der Waals surface area contributed by atoms with Crippen LogP contribution in [0.1, 0.15) is 19.0 Å². The summed E-state index contributed by atoms with van der Waals surface area (Å²) in [6.07, 6.45) is 2.96. The van der Waals surface area contributed by atoms with Crippen molar-refractivity contribution in [2.24, 2.45) is 0 Å². The zero-order valence-corrected chi connectivity index (χ0v) is 19.0. The van der Waals surface area contributed by atoms with E-state index in [4.69, 9.17) is 32.4 Å². The van der Waals surface area contributed by atoms with Gasteiger partial charge < -0.3 is 14.5 Å². The maximum absolute atomic E-state index is 12.6. The second kappa shape index (κ2) is 9.93. The van der Waals surface area contributed by atoms with Crippen LogP contribution in [-0.2, 0) is 11.2 Å². The van der Waals surface area contributed by atoms with Crippen molar-refractivity contribution in [1.82, 2.24) is 19.7 Å². The van der Waals surface area contributed by atoms with Gasteiger partial charge >= 0.3 is 0 Å². The average molecular weight is 488 g/mol. The molecular weight excluding hydrogens is 469 g/mol. The van der Waals surface area contributed by atoms with E-state index in [9.17, 15) is 9.59 Å². The summed E-state index contributed by atoms with van der Waals surface area (Å²) < 4.78 is 12.2. The van der Waals surface area contributed by atoms with Crippen LogP contribution in [0.2, 0.25) is 10.0 Å². The SMILES string of the molecule is CCCc1cc(=O)[nH]c(-n2nc(-c3ccco3)cc2NC(=O)COc2ccc(Cl)cc2Cl)n1. The van der Waals surface area contributed by atoms with Crippen molar-refractivity contribution in [3.63, 3.8) is 0 Å². The number of aryl methyl sites for hydroxylation is 1.